The smallest absolute Gasteiger partial charge is 0.257 e. The number of benzene rings is 2. The van der Waals surface area contributed by atoms with E-state index < -0.39 is 6.10 Å². The summed E-state index contributed by atoms with van der Waals surface area (Å²) in [5.74, 6) is 0.863. The van der Waals surface area contributed by atoms with Crippen molar-refractivity contribution in [3.8, 4) is 11.5 Å². The maximum Gasteiger partial charge on any atom is 0.257 e. The molecule has 1 N–H and O–H groups in total. The number of hydrogen-bond donors (Lipinski definition) is 1. The van der Waals surface area contributed by atoms with E-state index in [1.165, 1.54) is 11.1 Å². The number of aromatic nitrogens is 1. The molecule has 7 nitrogen and oxygen atoms in total. The molecule has 0 fully saturated rings. The molecule has 0 radical (unpaired) electrons. The van der Waals surface area contributed by atoms with E-state index in [9.17, 15) is 9.90 Å². The lowest BCUT2D eigenvalue weighted by Crippen LogP contribution is -2.44. The first-order chi connectivity index (χ1) is 17.4. The molecular formula is C27H27Cl2N3O4. The number of rotatable bonds is 7. The highest BCUT2D eigenvalue weighted by molar-refractivity contribution is 6.32. The Morgan fingerprint density at radius 3 is 2.61 bits per heavy atom. The fourth-order valence-electron chi connectivity index (χ4n) is 4.68. The normalized spacial score (nSPS) is 16.5. The molecule has 1 amide bonds. The van der Waals surface area contributed by atoms with Gasteiger partial charge in [-0.3, -0.25) is 9.69 Å². The van der Waals surface area contributed by atoms with Crippen molar-refractivity contribution in [3.63, 3.8) is 0 Å². The Hall–Kier alpha value is -2.84. The van der Waals surface area contributed by atoms with Gasteiger partial charge in [0.25, 0.3) is 5.91 Å². The Morgan fingerprint density at radius 2 is 1.81 bits per heavy atom. The maximum absolute atomic E-state index is 13.2. The number of aliphatic hydroxyl groups excluding tert-OH is 1. The Bertz CT molecular complexity index is 1240. The molecule has 5 rings (SSSR count). The van der Waals surface area contributed by atoms with Crippen LogP contribution in [0, 0.1) is 0 Å². The van der Waals surface area contributed by atoms with Gasteiger partial charge in [0.05, 0.1) is 18.2 Å². The molecule has 0 bridgehead atoms. The molecule has 0 spiro atoms. The summed E-state index contributed by atoms with van der Waals surface area (Å²) in [4.78, 5) is 21.1. The predicted octanol–water partition coefficient (Wildman–Crippen LogP) is 4.22. The van der Waals surface area contributed by atoms with Crippen LogP contribution in [0.25, 0.3) is 0 Å². The predicted molar refractivity (Wildman–Crippen MR) is 138 cm³/mol. The Kier molecular flexibility index (Phi) is 7.62. The van der Waals surface area contributed by atoms with E-state index in [-0.39, 0.29) is 19.1 Å². The number of carbonyl (C=O) groups is 1. The van der Waals surface area contributed by atoms with Gasteiger partial charge in [0, 0.05) is 32.2 Å². The van der Waals surface area contributed by atoms with Crippen LogP contribution in [0.4, 0.5) is 0 Å². The minimum Gasteiger partial charge on any atom is -0.491 e. The van der Waals surface area contributed by atoms with Gasteiger partial charge in [-0.1, -0.05) is 47.5 Å². The summed E-state index contributed by atoms with van der Waals surface area (Å²) in [7, 11) is 0. The van der Waals surface area contributed by atoms with E-state index in [4.69, 9.17) is 32.7 Å². The lowest BCUT2D eigenvalue weighted by molar-refractivity contribution is 0.0501. The van der Waals surface area contributed by atoms with E-state index in [0.717, 1.165) is 25.1 Å². The summed E-state index contributed by atoms with van der Waals surface area (Å²) in [5.41, 5.74) is 3.91. The second-order valence-electron chi connectivity index (χ2n) is 9.07. The van der Waals surface area contributed by atoms with Crippen LogP contribution in [0.3, 0.4) is 0 Å². The Balaban J connectivity index is 1.19. The standard InChI is InChI=1S/C27H27Cl2N3O4/c28-25-11-18(12-26(29)30-25)17-36-22-5-6-23-24(13-22)35-10-9-32(27(23)34)16-21(33)15-31-8-7-19-3-1-2-4-20(19)14-31/h1-6,11-13,21,33H,7-10,14-17H2/t21-/m1/s1. The lowest BCUT2D eigenvalue weighted by atomic mass is 10.00. The van der Waals surface area contributed by atoms with Crippen LogP contribution in [0.5, 0.6) is 11.5 Å². The van der Waals surface area contributed by atoms with Gasteiger partial charge in [-0.05, 0) is 47.4 Å². The maximum atomic E-state index is 13.2. The number of amides is 1. The number of fused-ring (bicyclic) bond motifs is 2. The molecule has 1 aromatic heterocycles. The number of aliphatic hydroxyl groups is 1. The Morgan fingerprint density at radius 1 is 1.03 bits per heavy atom. The molecule has 0 saturated heterocycles. The molecule has 3 aromatic rings. The number of nitrogens with zero attached hydrogens (tertiary/aromatic N) is 3. The quantitative estimate of drug-likeness (QED) is 0.463. The number of halogens is 2. The average molecular weight is 528 g/mol. The summed E-state index contributed by atoms with van der Waals surface area (Å²) >= 11 is 11.9. The summed E-state index contributed by atoms with van der Waals surface area (Å²) < 4.78 is 11.7. The molecule has 9 heteroatoms. The van der Waals surface area contributed by atoms with Crippen molar-refractivity contribution in [2.24, 2.45) is 0 Å². The largest absolute Gasteiger partial charge is 0.491 e. The topological polar surface area (TPSA) is 75.1 Å². The van der Waals surface area contributed by atoms with E-state index >= 15 is 0 Å². The molecule has 2 aromatic carbocycles. The van der Waals surface area contributed by atoms with Crippen LogP contribution >= 0.6 is 23.2 Å². The number of hydrogen-bond acceptors (Lipinski definition) is 6. The number of ether oxygens (including phenoxy) is 2. The number of β-amino-alcohol motifs (C(OH)–C–C–N with tert-alkyl or cyclic N) is 1. The summed E-state index contributed by atoms with van der Waals surface area (Å²) in [5, 5.41) is 11.4. The molecule has 1 atom stereocenters. The van der Waals surface area contributed by atoms with Crippen LogP contribution in [0.1, 0.15) is 27.0 Å². The van der Waals surface area contributed by atoms with Gasteiger partial charge in [-0.25, -0.2) is 4.98 Å². The highest BCUT2D eigenvalue weighted by atomic mass is 35.5. The lowest BCUT2D eigenvalue weighted by Gasteiger charge is -2.32. The average Bonchev–Trinajstić information content (AvgIpc) is 3.00. The van der Waals surface area contributed by atoms with E-state index in [1.54, 1.807) is 35.2 Å². The van der Waals surface area contributed by atoms with Crippen molar-refractivity contribution < 1.29 is 19.4 Å². The first kappa shape index (κ1) is 24.8. The summed E-state index contributed by atoms with van der Waals surface area (Å²) in [6, 6.07) is 16.9. The minimum atomic E-state index is -0.651. The van der Waals surface area contributed by atoms with Crippen LogP contribution < -0.4 is 9.47 Å². The number of carbonyl (C=O) groups excluding carboxylic acids is 1. The molecule has 0 aliphatic carbocycles. The fourth-order valence-corrected chi connectivity index (χ4v) is 5.19. The first-order valence-electron chi connectivity index (χ1n) is 11.9. The van der Waals surface area contributed by atoms with Gasteiger partial charge in [-0.15, -0.1) is 0 Å². The van der Waals surface area contributed by atoms with Crippen molar-refractivity contribution >= 4 is 29.1 Å². The van der Waals surface area contributed by atoms with Gasteiger partial charge in [0.1, 0.15) is 35.0 Å². The number of pyridine rings is 1. The summed E-state index contributed by atoms with van der Waals surface area (Å²) in [6.45, 7) is 3.46. The molecular weight excluding hydrogens is 501 g/mol. The van der Waals surface area contributed by atoms with Crippen LogP contribution in [0.15, 0.2) is 54.6 Å². The zero-order valence-corrected chi connectivity index (χ0v) is 21.2. The third kappa shape index (κ3) is 5.93. The highest BCUT2D eigenvalue weighted by Crippen LogP contribution is 2.29. The first-order valence-corrected chi connectivity index (χ1v) is 12.7. The van der Waals surface area contributed by atoms with Crippen molar-refractivity contribution in [1.29, 1.82) is 0 Å². The minimum absolute atomic E-state index is 0.162. The molecule has 188 valence electrons. The second kappa shape index (κ2) is 11.0. The van der Waals surface area contributed by atoms with Crippen LogP contribution in [0.2, 0.25) is 10.3 Å². The molecule has 2 aliphatic heterocycles. The highest BCUT2D eigenvalue weighted by Gasteiger charge is 2.27. The third-order valence-corrected chi connectivity index (χ3v) is 6.81. The van der Waals surface area contributed by atoms with Gasteiger partial charge >= 0.3 is 0 Å². The van der Waals surface area contributed by atoms with E-state index in [1.807, 2.05) is 6.07 Å². The van der Waals surface area contributed by atoms with Gasteiger partial charge in [0.2, 0.25) is 0 Å². The van der Waals surface area contributed by atoms with Gasteiger partial charge < -0.3 is 19.5 Å². The monoisotopic (exact) mass is 527 g/mol. The van der Waals surface area contributed by atoms with Crippen molar-refractivity contribution in [1.82, 2.24) is 14.8 Å². The zero-order chi connectivity index (χ0) is 25.1. The van der Waals surface area contributed by atoms with Crippen molar-refractivity contribution in [2.75, 3.05) is 32.8 Å². The van der Waals surface area contributed by atoms with Crippen molar-refractivity contribution in [3.05, 3.63) is 87.2 Å². The third-order valence-electron chi connectivity index (χ3n) is 6.43. The SMILES string of the molecule is O=C1c2ccc(OCc3cc(Cl)nc(Cl)c3)cc2OCCN1C[C@H](O)CN1CCc2ccccc2C1. The van der Waals surface area contributed by atoms with Gasteiger partial charge in [0.15, 0.2) is 0 Å². The van der Waals surface area contributed by atoms with Crippen molar-refractivity contribution in [2.45, 2.75) is 25.7 Å². The molecule has 0 unspecified atom stereocenters. The molecule has 3 heterocycles. The molecule has 2 aliphatic rings. The summed E-state index contributed by atoms with van der Waals surface area (Å²) in [6.07, 6.45) is 0.320. The van der Waals surface area contributed by atoms with E-state index in [0.29, 0.717) is 47.1 Å². The molecule has 0 saturated carbocycles. The van der Waals surface area contributed by atoms with Crippen LogP contribution in [-0.2, 0) is 19.6 Å². The van der Waals surface area contributed by atoms with E-state index in [2.05, 4.69) is 28.1 Å². The van der Waals surface area contributed by atoms with Crippen LogP contribution in [-0.4, -0.2) is 64.7 Å². The second-order valence-corrected chi connectivity index (χ2v) is 9.85. The zero-order valence-electron chi connectivity index (χ0n) is 19.7. The Labute approximate surface area is 220 Å². The van der Waals surface area contributed by atoms with Gasteiger partial charge in [-0.2, -0.15) is 0 Å². The fraction of sp³-hybridized carbons (Fsp3) is 0.333. The molecule has 36 heavy (non-hydrogen) atoms.